The van der Waals surface area contributed by atoms with Gasteiger partial charge in [0.2, 0.25) is 21.8 Å². The highest BCUT2D eigenvalue weighted by Crippen LogP contribution is 2.30. The third-order valence-corrected chi connectivity index (χ3v) is 7.34. The number of thioether (sulfide) groups is 1. The molecule has 0 aliphatic heterocycles. The second-order valence-electron chi connectivity index (χ2n) is 7.59. The number of hydrogen-bond donors (Lipinski definition) is 3. The van der Waals surface area contributed by atoms with E-state index in [0.717, 1.165) is 18.4 Å². The molecule has 0 saturated heterocycles. The van der Waals surface area contributed by atoms with E-state index in [-0.39, 0.29) is 23.3 Å². The topological polar surface area (TPSA) is 104 Å². The van der Waals surface area contributed by atoms with Gasteiger partial charge in [-0.25, -0.2) is 8.42 Å². The first-order chi connectivity index (χ1) is 15.3. The van der Waals surface area contributed by atoms with Crippen LogP contribution in [0.1, 0.15) is 24.8 Å². The molecular weight excluding hydrogens is 470 g/mol. The summed E-state index contributed by atoms with van der Waals surface area (Å²) >= 11 is 7.37. The maximum atomic E-state index is 12.8. The van der Waals surface area contributed by atoms with Gasteiger partial charge in [-0.3, -0.25) is 9.59 Å². The highest BCUT2D eigenvalue weighted by Gasteiger charge is 2.29. The summed E-state index contributed by atoms with van der Waals surface area (Å²) in [6.07, 6.45) is 4.08. The summed E-state index contributed by atoms with van der Waals surface area (Å²) in [6, 6.07) is 12.1. The Kier molecular flexibility index (Phi) is 8.58. The van der Waals surface area contributed by atoms with Gasteiger partial charge < -0.3 is 10.6 Å². The highest BCUT2D eigenvalue weighted by atomic mass is 35.5. The summed E-state index contributed by atoms with van der Waals surface area (Å²) in [5.74, 6) is 0.317. The van der Waals surface area contributed by atoms with Crippen molar-refractivity contribution in [3.63, 3.8) is 0 Å². The molecule has 32 heavy (non-hydrogen) atoms. The lowest BCUT2D eigenvalue weighted by molar-refractivity contribution is -0.123. The summed E-state index contributed by atoms with van der Waals surface area (Å²) in [5, 5.41) is 6.11. The predicted octanol–water partition coefficient (Wildman–Crippen LogP) is 3.40. The molecule has 1 fully saturated rings. The molecule has 1 atom stereocenters. The van der Waals surface area contributed by atoms with Crippen LogP contribution in [0.3, 0.4) is 0 Å². The van der Waals surface area contributed by atoms with Gasteiger partial charge in [0.05, 0.1) is 4.90 Å². The molecule has 1 saturated carbocycles. The van der Waals surface area contributed by atoms with Crippen molar-refractivity contribution in [2.45, 2.75) is 36.7 Å². The zero-order valence-corrected chi connectivity index (χ0v) is 20.0. The molecule has 0 spiro atoms. The molecule has 0 aromatic heterocycles. The van der Waals surface area contributed by atoms with Crippen molar-refractivity contribution in [2.75, 3.05) is 17.3 Å². The highest BCUT2D eigenvalue weighted by molar-refractivity contribution is 7.98. The van der Waals surface area contributed by atoms with E-state index in [2.05, 4.69) is 15.4 Å². The third kappa shape index (κ3) is 7.23. The Morgan fingerprint density at radius 1 is 1.16 bits per heavy atom. The minimum absolute atomic E-state index is 0.0138. The molecule has 2 amide bonds. The Morgan fingerprint density at radius 2 is 1.88 bits per heavy atom. The molecule has 1 aliphatic carbocycles. The number of rotatable bonds is 11. The molecule has 7 nitrogen and oxygen atoms in total. The Hall–Kier alpha value is -2.07. The maximum absolute atomic E-state index is 12.8. The van der Waals surface area contributed by atoms with Gasteiger partial charge in [0.25, 0.3) is 0 Å². The van der Waals surface area contributed by atoms with Crippen molar-refractivity contribution in [1.29, 1.82) is 0 Å². The molecule has 2 aromatic rings. The van der Waals surface area contributed by atoms with Gasteiger partial charge in [-0.05, 0) is 73.2 Å². The molecule has 3 N–H and O–H groups in total. The van der Waals surface area contributed by atoms with Crippen LogP contribution in [0.25, 0.3) is 0 Å². The van der Waals surface area contributed by atoms with Crippen LogP contribution in [-0.2, 0) is 26.2 Å². The molecule has 172 valence electrons. The zero-order chi connectivity index (χ0) is 23.1. The van der Waals surface area contributed by atoms with Crippen LogP contribution < -0.4 is 15.4 Å². The fourth-order valence-corrected chi connectivity index (χ4v) is 4.84. The van der Waals surface area contributed by atoms with Gasteiger partial charge >= 0.3 is 0 Å². The molecule has 2 aromatic carbocycles. The van der Waals surface area contributed by atoms with Gasteiger partial charge in [0.1, 0.15) is 6.04 Å². The first kappa shape index (κ1) is 24.6. The molecule has 1 unspecified atom stereocenters. The van der Waals surface area contributed by atoms with Crippen LogP contribution in [0.2, 0.25) is 5.02 Å². The van der Waals surface area contributed by atoms with Crippen LogP contribution in [0, 0.1) is 5.92 Å². The molecule has 10 heteroatoms. The molecule has 0 radical (unpaired) electrons. The smallest absolute Gasteiger partial charge is 0.241 e. The first-order valence-electron chi connectivity index (χ1n) is 10.2. The molecule has 0 bridgehead atoms. The van der Waals surface area contributed by atoms with E-state index in [0.29, 0.717) is 22.9 Å². The van der Waals surface area contributed by atoms with E-state index in [4.69, 9.17) is 11.6 Å². The van der Waals surface area contributed by atoms with E-state index in [1.54, 1.807) is 18.2 Å². The number of amides is 2. The monoisotopic (exact) mass is 495 g/mol. The SMILES string of the molecule is CSCCC(NS(=O)(=O)c1ccc(Cl)cc1)C(=O)NCc1cccc(NC(=O)C2CC2)c1. The van der Waals surface area contributed by atoms with E-state index < -0.39 is 22.0 Å². The predicted molar refractivity (Wildman–Crippen MR) is 128 cm³/mol. The van der Waals surface area contributed by atoms with E-state index in [9.17, 15) is 18.0 Å². The minimum atomic E-state index is -3.88. The number of halogens is 1. The average Bonchev–Trinajstić information content (AvgIpc) is 3.61. The summed E-state index contributed by atoms with van der Waals surface area (Å²) in [5.41, 5.74) is 1.48. The van der Waals surface area contributed by atoms with Gasteiger partial charge in [-0.2, -0.15) is 16.5 Å². The minimum Gasteiger partial charge on any atom is -0.351 e. The van der Waals surface area contributed by atoms with Gasteiger partial charge in [-0.1, -0.05) is 23.7 Å². The second kappa shape index (κ2) is 11.2. The summed E-state index contributed by atoms with van der Waals surface area (Å²) in [7, 11) is -3.88. The van der Waals surface area contributed by atoms with E-state index in [1.807, 2.05) is 12.3 Å². The van der Waals surface area contributed by atoms with Crippen LogP contribution in [-0.4, -0.2) is 38.3 Å². The molecule has 1 aliphatic rings. The Labute approximate surface area is 197 Å². The van der Waals surface area contributed by atoms with Crippen molar-refractivity contribution in [3.8, 4) is 0 Å². The summed E-state index contributed by atoms with van der Waals surface area (Å²) < 4.78 is 27.9. The molecule has 3 rings (SSSR count). The summed E-state index contributed by atoms with van der Waals surface area (Å²) in [4.78, 5) is 24.8. The lowest BCUT2D eigenvalue weighted by Gasteiger charge is -2.18. The zero-order valence-electron chi connectivity index (χ0n) is 17.6. The third-order valence-electron chi connectivity index (χ3n) is 4.96. The Morgan fingerprint density at radius 3 is 2.53 bits per heavy atom. The van der Waals surface area contributed by atoms with E-state index >= 15 is 0 Å². The number of nitrogens with one attached hydrogen (secondary N) is 3. The molecular formula is C22H26ClN3O4S2. The largest absolute Gasteiger partial charge is 0.351 e. The number of hydrogen-bond acceptors (Lipinski definition) is 5. The van der Waals surface area contributed by atoms with Crippen molar-refractivity contribution in [2.24, 2.45) is 5.92 Å². The number of sulfonamides is 1. The Balaban J connectivity index is 1.63. The van der Waals surface area contributed by atoms with Crippen LogP contribution in [0.4, 0.5) is 5.69 Å². The van der Waals surface area contributed by atoms with Crippen molar-refractivity contribution < 1.29 is 18.0 Å². The normalized spacial score (nSPS) is 14.6. The standard InChI is InChI=1S/C22H26ClN3O4S2/c1-31-12-11-20(26-32(29,30)19-9-7-17(23)8-10-19)22(28)24-14-15-3-2-4-18(13-15)25-21(27)16-5-6-16/h2-4,7-10,13,16,20,26H,5-6,11-12,14H2,1H3,(H,24,28)(H,25,27). The van der Waals surface area contributed by atoms with Crippen molar-refractivity contribution in [3.05, 3.63) is 59.1 Å². The second-order valence-corrected chi connectivity index (χ2v) is 10.7. The Bertz CT molecular complexity index is 1060. The van der Waals surface area contributed by atoms with Crippen molar-refractivity contribution in [1.82, 2.24) is 10.0 Å². The fraction of sp³-hybridized carbons (Fsp3) is 0.364. The van der Waals surface area contributed by atoms with Crippen LogP contribution in [0.15, 0.2) is 53.4 Å². The number of anilines is 1. The van der Waals surface area contributed by atoms with Gasteiger partial charge in [-0.15, -0.1) is 0 Å². The molecule has 0 heterocycles. The number of carbonyl (C=O) groups is 2. The van der Waals surface area contributed by atoms with E-state index in [1.165, 1.54) is 36.0 Å². The fourth-order valence-electron chi connectivity index (χ4n) is 3.01. The number of benzene rings is 2. The lowest BCUT2D eigenvalue weighted by Crippen LogP contribution is -2.46. The van der Waals surface area contributed by atoms with Crippen LogP contribution >= 0.6 is 23.4 Å². The number of carbonyl (C=O) groups excluding carboxylic acids is 2. The first-order valence-corrected chi connectivity index (χ1v) is 13.5. The van der Waals surface area contributed by atoms with Gasteiger partial charge in [0, 0.05) is 23.2 Å². The summed E-state index contributed by atoms with van der Waals surface area (Å²) in [6.45, 7) is 0.213. The van der Waals surface area contributed by atoms with Gasteiger partial charge in [0.15, 0.2) is 0 Å². The van der Waals surface area contributed by atoms with Crippen molar-refractivity contribution >= 4 is 50.9 Å². The quantitative estimate of drug-likeness (QED) is 0.443. The average molecular weight is 496 g/mol. The maximum Gasteiger partial charge on any atom is 0.241 e. The van der Waals surface area contributed by atoms with Crippen LogP contribution in [0.5, 0.6) is 0 Å². The lowest BCUT2D eigenvalue weighted by atomic mass is 10.1.